The van der Waals surface area contributed by atoms with E-state index in [0.717, 1.165) is 22.3 Å². The molecule has 0 spiro atoms. The van der Waals surface area contributed by atoms with Gasteiger partial charge in [0.1, 0.15) is 29.8 Å². The van der Waals surface area contributed by atoms with Crippen LogP contribution in [-0.2, 0) is 20.7 Å². The third kappa shape index (κ3) is 5.67. The maximum absolute atomic E-state index is 14.6. The minimum absolute atomic E-state index is 0.0950. The smallest absolute Gasteiger partial charge is 0.407 e. The highest BCUT2D eigenvalue weighted by Crippen LogP contribution is 2.44. The lowest BCUT2D eigenvalue weighted by atomic mass is 9.98. The summed E-state index contributed by atoms with van der Waals surface area (Å²) in [5, 5.41) is 2.58. The van der Waals surface area contributed by atoms with E-state index in [1.54, 1.807) is 26.8 Å². The van der Waals surface area contributed by atoms with Gasteiger partial charge in [0.15, 0.2) is 0 Å². The van der Waals surface area contributed by atoms with Gasteiger partial charge in [0.05, 0.1) is 7.11 Å². The molecule has 1 atom stereocenters. The first-order chi connectivity index (χ1) is 17.2. The minimum atomic E-state index is -1.14. The summed E-state index contributed by atoms with van der Waals surface area (Å²) >= 11 is 0. The molecule has 0 heterocycles. The Morgan fingerprint density at radius 2 is 1.58 bits per heavy atom. The number of halogens is 1. The molecular weight excluding hydrogens is 461 g/mol. The van der Waals surface area contributed by atoms with E-state index < -0.39 is 29.5 Å². The van der Waals surface area contributed by atoms with Crippen LogP contribution in [0.1, 0.15) is 43.4 Å². The van der Waals surface area contributed by atoms with E-state index in [-0.39, 0.29) is 24.5 Å². The van der Waals surface area contributed by atoms with Crippen molar-refractivity contribution in [2.24, 2.45) is 0 Å². The number of benzene rings is 3. The van der Waals surface area contributed by atoms with Crippen molar-refractivity contribution in [1.82, 2.24) is 5.32 Å². The van der Waals surface area contributed by atoms with Crippen LogP contribution in [0.2, 0.25) is 0 Å². The van der Waals surface area contributed by atoms with Gasteiger partial charge in [-0.05, 0) is 54.7 Å². The number of esters is 1. The molecule has 0 fully saturated rings. The van der Waals surface area contributed by atoms with Crippen molar-refractivity contribution in [1.29, 1.82) is 0 Å². The molecular formula is C29H30FNO5. The van der Waals surface area contributed by atoms with Crippen LogP contribution in [0.15, 0.2) is 66.7 Å². The highest BCUT2D eigenvalue weighted by atomic mass is 19.1. The van der Waals surface area contributed by atoms with E-state index in [0.29, 0.717) is 5.75 Å². The van der Waals surface area contributed by atoms with Crippen molar-refractivity contribution < 1.29 is 28.2 Å². The molecule has 3 aromatic rings. The standard InChI is InChI=1S/C29H30FNO5/c1-29(2,3)36-27(32)26(15-18-13-14-19(34-4)16-25(18)30)31-28(33)35-17-24-22-11-7-5-9-20(22)21-10-6-8-12-23(21)24/h5-14,16,24,26H,15,17H2,1-4H3,(H,31,33). The number of hydrogen-bond acceptors (Lipinski definition) is 5. The van der Waals surface area contributed by atoms with Gasteiger partial charge in [0.2, 0.25) is 0 Å². The zero-order valence-corrected chi connectivity index (χ0v) is 20.8. The van der Waals surface area contributed by atoms with E-state index >= 15 is 0 Å². The van der Waals surface area contributed by atoms with Crippen molar-refractivity contribution in [2.45, 2.75) is 44.8 Å². The van der Waals surface area contributed by atoms with Gasteiger partial charge >= 0.3 is 12.1 Å². The summed E-state index contributed by atoms with van der Waals surface area (Å²) in [6.45, 7) is 5.27. The SMILES string of the molecule is COc1ccc(CC(NC(=O)OCC2c3ccccc3-c3ccccc32)C(=O)OC(C)(C)C)c(F)c1. The molecule has 0 saturated heterocycles. The molecule has 0 radical (unpaired) electrons. The highest BCUT2D eigenvalue weighted by molar-refractivity contribution is 5.82. The molecule has 36 heavy (non-hydrogen) atoms. The van der Waals surface area contributed by atoms with Crippen molar-refractivity contribution in [3.63, 3.8) is 0 Å². The number of methoxy groups -OCH3 is 1. The Balaban J connectivity index is 1.48. The molecule has 7 heteroatoms. The number of nitrogens with one attached hydrogen (secondary N) is 1. The van der Waals surface area contributed by atoms with E-state index in [1.807, 2.05) is 36.4 Å². The summed E-state index contributed by atoms with van der Waals surface area (Å²) in [7, 11) is 1.44. The number of carbonyl (C=O) groups is 2. The van der Waals surface area contributed by atoms with Crippen molar-refractivity contribution in [3.8, 4) is 16.9 Å². The molecule has 6 nitrogen and oxygen atoms in total. The Kier molecular flexibility index (Phi) is 7.29. The quantitative estimate of drug-likeness (QED) is 0.434. The average Bonchev–Trinajstić information content (AvgIpc) is 3.16. The van der Waals surface area contributed by atoms with Crippen LogP contribution >= 0.6 is 0 Å². The average molecular weight is 492 g/mol. The molecule has 188 valence electrons. The first-order valence-electron chi connectivity index (χ1n) is 11.8. The maximum Gasteiger partial charge on any atom is 0.407 e. The van der Waals surface area contributed by atoms with E-state index in [2.05, 4.69) is 17.4 Å². The van der Waals surface area contributed by atoms with Gasteiger partial charge in [-0.1, -0.05) is 54.6 Å². The van der Waals surface area contributed by atoms with Crippen LogP contribution in [0.3, 0.4) is 0 Å². The molecule has 0 bridgehead atoms. The van der Waals surface area contributed by atoms with Crippen molar-refractivity contribution in [3.05, 3.63) is 89.2 Å². The summed E-state index contributed by atoms with van der Waals surface area (Å²) in [5.41, 5.74) is 3.85. The summed E-state index contributed by atoms with van der Waals surface area (Å²) in [6, 6.07) is 19.2. The highest BCUT2D eigenvalue weighted by Gasteiger charge is 2.31. The van der Waals surface area contributed by atoms with Crippen LogP contribution in [0.4, 0.5) is 9.18 Å². The number of fused-ring (bicyclic) bond motifs is 3. The molecule has 1 amide bonds. The summed E-state index contributed by atoms with van der Waals surface area (Å²) in [4.78, 5) is 25.7. The summed E-state index contributed by atoms with van der Waals surface area (Å²) < 4.78 is 30.7. The predicted octanol–water partition coefficient (Wildman–Crippen LogP) is 5.63. The predicted molar refractivity (Wildman–Crippen MR) is 134 cm³/mol. The maximum atomic E-state index is 14.6. The van der Waals surface area contributed by atoms with Gasteiger partial charge in [0, 0.05) is 18.4 Å². The number of amides is 1. The number of carbonyl (C=O) groups excluding carboxylic acids is 2. The number of rotatable bonds is 7. The summed E-state index contributed by atoms with van der Waals surface area (Å²) in [5.74, 6) is -0.986. The minimum Gasteiger partial charge on any atom is -0.497 e. The monoisotopic (exact) mass is 491 g/mol. The fourth-order valence-electron chi connectivity index (χ4n) is 4.39. The van der Waals surface area contributed by atoms with E-state index in [1.165, 1.54) is 19.2 Å². The lowest BCUT2D eigenvalue weighted by Crippen LogP contribution is -2.46. The molecule has 0 aromatic heterocycles. The third-order valence-corrected chi connectivity index (χ3v) is 6.01. The largest absolute Gasteiger partial charge is 0.497 e. The van der Waals surface area contributed by atoms with Crippen molar-refractivity contribution in [2.75, 3.05) is 13.7 Å². The Morgan fingerprint density at radius 1 is 0.972 bits per heavy atom. The molecule has 0 saturated carbocycles. The van der Waals surface area contributed by atoms with Gasteiger partial charge < -0.3 is 19.5 Å². The second-order valence-corrected chi connectivity index (χ2v) is 9.72. The molecule has 1 aliphatic rings. The third-order valence-electron chi connectivity index (χ3n) is 6.01. The number of ether oxygens (including phenoxy) is 3. The fourth-order valence-corrected chi connectivity index (χ4v) is 4.39. The van der Waals surface area contributed by atoms with Crippen LogP contribution in [-0.4, -0.2) is 37.4 Å². The molecule has 3 aromatic carbocycles. The molecule has 1 aliphatic carbocycles. The fraction of sp³-hybridized carbons (Fsp3) is 0.310. The van der Waals surface area contributed by atoms with Gasteiger partial charge in [-0.15, -0.1) is 0 Å². The van der Waals surface area contributed by atoms with E-state index in [9.17, 15) is 14.0 Å². The Hall–Kier alpha value is -3.87. The Morgan fingerprint density at radius 3 is 2.14 bits per heavy atom. The number of alkyl carbamates (subject to hydrolysis) is 1. The van der Waals surface area contributed by atoms with Crippen LogP contribution in [0, 0.1) is 5.82 Å². The van der Waals surface area contributed by atoms with Crippen LogP contribution < -0.4 is 10.1 Å². The van der Waals surface area contributed by atoms with Crippen LogP contribution in [0.5, 0.6) is 5.75 Å². The molecule has 1 N–H and O–H groups in total. The zero-order valence-electron chi connectivity index (χ0n) is 20.8. The first kappa shape index (κ1) is 25.2. The Bertz CT molecular complexity index is 1220. The first-order valence-corrected chi connectivity index (χ1v) is 11.8. The molecule has 4 rings (SSSR count). The zero-order chi connectivity index (χ0) is 25.9. The molecule has 0 aliphatic heterocycles. The molecule has 1 unspecified atom stereocenters. The van der Waals surface area contributed by atoms with Gasteiger partial charge in [-0.2, -0.15) is 0 Å². The van der Waals surface area contributed by atoms with Gasteiger partial charge in [-0.25, -0.2) is 14.0 Å². The Labute approximate surface area is 210 Å². The number of hydrogen-bond donors (Lipinski definition) is 1. The van der Waals surface area contributed by atoms with Gasteiger partial charge in [0.25, 0.3) is 0 Å². The topological polar surface area (TPSA) is 73.9 Å². The van der Waals surface area contributed by atoms with Crippen LogP contribution in [0.25, 0.3) is 11.1 Å². The second-order valence-electron chi connectivity index (χ2n) is 9.72. The second kappa shape index (κ2) is 10.4. The lowest BCUT2D eigenvalue weighted by molar-refractivity contribution is -0.157. The van der Waals surface area contributed by atoms with Crippen molar-refractivity contribution >= 4 is 12.1 Å². The normalized spacial score (nSPS) is 13.4. The lowest BCUT2D eigenvalue weighted by Gasteiger charge is -2.25. The van der Waals surface area contributed by atoms with Gasteiger partial charge in [-0.3, -0.25) is 0 Å². The van der Waals surface area contributed by atoms with E-state index in [4.69, 9.17) is 14.2 Å². The summed E-state index contributed by atoms with van der Waals surface area (Å²) in [6.07, 6.45) is -0.879.